The molecule has 1 aliphatic rings. The molecule has 0 spiro atoms. The zero-order valence-corrected chi connectivity index (χ0v) is 18.9. The SMILES string of the molecule is COc1ccc(Br)cc1[C@@H]1CC(=O)Nc2nc(SCc3cccc(C)c3)[nH]c(=O)c21. The molecule has 0 saturated heterocycles. The minimum Gasteiger partial charge on any atom is -0.496 e. The van der Waals surface area contributed by atoms with Crippen molar-refractivity contribution in [3.63, 3.8) is 0 Å². The van der Waals surface area contributed by atoms with E-state index in [0.29, 0.717) is 28.0 Å². The number of carbonyl (C=O) groups is 1. The van der Waals surface area contributed by atoms with E-state index >= 15 is 0 Å². The van der Waals surface area contributed by atoms with Gasteiger partial charge in [-0.05, 0) is 30.7 Å². The molecule has 154 valence electrons. The Labute approximate surface area is 186 Å². The summed E-state index contributed by atoms with van der Waals surface area (Å²) in [5, 5.41) is 3.24. The summed E-state index contributed by atoms with van der Waals surface area (Å²) < 4.78 is 6.32. The average Bonchev–Trinajstić information content (AvgIpc) is 2.71. The van der Waals surface area contributed by atoms with E-state index in [-0.39, 0.29) is 17.9 Å². The van der Waals surface area contributed by atoms with Crippen molar-refractivity contribution in [3.05, 3.63) is 79.5 Å². The topological polar surface area (TPSA) is 84.1 Å². The first-order chi connectivity index (χ1) is 14.4. The van der Waals surface area contributed by atoms with Crippen molar-refractivity contribution in [2.24, 2.45) is 0 Å². The Morgan fingerprint density at radius 3 is 2.83 bits per heavy atom. The molecule has 6 nitrogen and oxygen atoms in total. The van der Waals surface area contributed by atoms with Crippen LogP contribution >= 0.6 is 27.7 Å². The lowest BCUT2D eigenvalue weighted by molar-refractivity contribution is -0.116. The first kappa shape index (κ1) is 20.7. The average molecular weight is 486 g/mol. The maximum Gasteiger partial charge on any atom is 0.257 e. The number of H-pyrrole nitrogens is 1. The largest absolute Gasteiger partial charge is 0.496 e. The Hall–Kier alpha value is -2.58. The summed E-state index contributed by atoms with van der Waals surface area (Å²) in [6.45, 7) is 2.04. The van der Waals surface area contributed by atoms with E-state index in [0.717, 1.165) is 15.6 Å². The Morgan fingerprint density at radius 1 is 1.23 bits per heavy atom. The van der Waals surface area contributed by atoms with Crippen LogP contribution in [0.4, 0.5) is 5.82 Å². The van der Waals surface area contributed by atoms with Crippen LogP contribution in [0.15, 0.2) is 56.9 Å². The van der Waals surface area contributed by atoms with Crippen LogP contribution in [-0.2, 0) is 10.5 Å². The number of ether oxygens (including phenoxy) is 1. The molecule has 0 bridgehead atoms. The first-order valence-electron chi connectivity index (χ1n) is 9.40. The van der Waals surface area contributed by atoms with Crippen molar-refractivity contribution in [3.8, 4) is 5.75 Å². The third kappa shape index (κ3) is 4.29. The summed E-state index contributed by atoms with van der Waals surface area (Å²) >= 11 is 4.89. The fraction of sp³-hybridized carbons (Fsp3) is 0.227. The molecule has 0 saturated carbocycles. The summed E-state index contributed by atoms with van der Waals surface area (Å²) in [7, 11) is 1.57. The highest BCUT2D eigenvalue weighted by Gasteiger charge is 2.32. The van der Waals surface area contributed by atoms with Crippen LogP contribution in [0.3, 0.4) is 0 Å². The van der Waals surface area contributed by atoms with E-state index in [1.165, 1.54) is 17.3 Å². The number of nitrogens with zero attached hydrogens (tertiary/aromatic N) is 1. The van der Waals surface area contributed by atoms with Gasteiger partial charge in [0, 0.05) is 28.1 Å². The molecule has 0 aliphatic carbocycles. The molecular formula is C22H20BrN3O3S. The Morgan fingerprint density at radius 2 is 2.07 bits per heavy atom. The maximum atomic E-state index is 13.0. The van der Waals surface area contributed by atoms with E-state index in [9.17, 15) is 9.59 Å². The molecule has 1 amide bonds. The molecule has 0 unspecified atom stereocenters. The van der Waals surface area contributed by atoms with Crippen LogP contribution < -0.4 is 15.6 Å². The van der Waals surface area contributed by atoms with Gasteiger partial charge in [-0.15, -0.1) is 0 Å². The van der Waals surface area contributed by atoms with Gasteiger partial charge in [-0.2, -0.15) is 0 Å². The number of rotatable bonds is 5. The monoisotopic (exact) mass is 485 g/mol. The number of fused-ring (bicyclic) bond motifs is 1. The number of benzene rings is 2. The Balaban J connectivity index is 1.70. The molecule has 0 fully saturated rings. The molecule has 2 aromatic carbocycles. The van der Waals surface area contributed by atoms with Gasteiger partial charge in [-0.3, -0.25) is 9.59 Å². The van der Waals surface area contributed by atoms with Crippen molar-refractivity contribution in [2.45, 2.75) is 30.2 Å². The van der Waals surface area contributed by atoms with Crippen LogP contribution in [0.2, 0.25) is 0 Å². The van der Waals surface area contributed by atoms with Crippen LogP contribution in [0.5, 0.6) is 5.75 Å². The number of methoxy groups -OCH3 is 1. The van der Waals surface area contributed by atoms with Gasteiger partial charge >= 0.3 is 0 Å². The lowest BCUT2D eigenvalue weighted by Crippen LogP contribution is -2.31. The molecule has 1 atom stereocenters. The predicted octanol–water partition coefficient (Wildman–Crippen LogP) is 4.62. The summed E-state index contributed by atoms with van der Waals surface area (Å²) in [4.78, 5) is 32.8. The van der Waals surface area contributed by atoms with Gasteiger partial charge in [0.2, 0.25) is 5.91 Å². The summed E-state index contributed by atoms with van der Waals surface area (Å²) in [6, 6.07) is 13.7. The summed E-state index contributed by atoms with van der Waals surface area (Å²) in [6.07, 6.45) is 0.153. The second-order valence-electron chi connectivity index (χ2n) is 7.10. The number of aryl methyl sites for hydroxylation is 1. The molecule has 2 heterocycles. The van der Waals surface area contributed by atoms with Crippen LogP contribution in [0.25, 0.3) is 0 Å². The number of hydrogen-bond donors (Lipinski definition) is 2. The van der Waals surface area contributed by atoms with E-state index < -0.39 is 5.92 Å². The van der Waals surface area contributed by atoms with Crippen LogP contribution in [0.1, 0.15) is 34.6 Å². The van der Waals surface area contributed by atoms with E-state index in [1.807, 2.05) is 43.3 Å². The number of nitrogens with one attached hydrogen (secondary N) is 2. The van der Waals surface area contributed by atoms with Gasteiger partial charge in [-0.25, -0.2) is 4.98 Å². The number of anilines is 1. The Bertz CT molecular complexity index is 1180. The molecular weight excluding hydrogens is 466 g/mol. The standard InChI is InChI=1S/C22H20BrN3O3S/c1-12-4-3-5-13(8-12)11-30-22-25-20-19(21(28)26-22)16(10-18(27)24-20)15-9-14(23)6-7-17(15)29-2/h3-9,16H,10-11H2,1-2H3,(H2,24,25,26,27,28)/t16-/m0/s1. The summed E-state index contributed by atoms with van der Waals surface area (Å²) in [5.74, 6) is 0.991. The van der Waals surface area contributed by atoms with E-state index in [2.05, 4.69) is 37.3 Å². The number of amides is 1. The number of carbonyl (C=O) groups excluding carboxylic acids is 1. The van der Waals surface area contributed by atoms with Gasteiger partial charge in [0.25, 0.3) is 5.56 Å². The number of aromatic amines is 1. The normalized spacial score (nSPS) is 15.4. The minimum absolute atomic E-state index is 0.153. The molecule has 2 N–H and O–H groups in total. The number of halogens is 1. The Kier molecular flexibility index (Phi) is 5.97. The van der Waals surface area contributed by atoms with Crippen molar-refractivity contribution >= 4 is 39.4 Å². The number of thioether (sulfide) groups is 1. The van der Waals surface area contributed by atoms with Gasteiger partial charge in [-0.1, -0.05) is 57.5 Å². The third-order valence-electron chi connectivity index (χ3n) is 4.95. The quantitative estimate of drug-likeness (QED) is 0.406. The van der Waals surface area contributed by atoms with Gasteiger partial charge in [0.1, 0.15) is 11.6 Å². The molecule has 4 rings (SSSR count). The van der Waals surface area contributed by atoms with Gasteiger partial charge in [0.05, 0.1) is 12.7 Å². The van der Waals surface area contributed by atoms with Crippen molar-refractivity contribution in [1.82, 2.24) is 9.97 Å². The van der Waals surface area contributed by atoms with E-state index in [4.69, 9.17) is 4.74 Å². The molecule has 3 aromatic rings. The number of aromatic nitrogens is 2. The highest BCUT2D eigenvalue weighted by atomic mass is 79.9. The van der Waals surface area contributed by atoms with Gasteiger partial charge < -0.3 is 15.0 Å². The first-order valence-corrected chi connectivity index (χ1v) is 11.2. The molecule has 1 aliphatic heterocycles. The van der Waals surface area contributed by atoms with Crippen LogP contribution in [-0.4, -0.2) is 23.0 Å². The highest BCUT2D eigenvalue weighted by molar-refractivity contribution is 9.10. The maximum absolute atomic E-state index is 13.0. The molecule has 30 heavy (non-hydrogen) atoms. The second kappa shape index (κ2) is 8.65. The second-order valence-corrected chi connectivity index (χ2v) is 8.98. The molecule has 8 heteroatoms. The zero-order valence-electron chi connectivity index (χ0n) is 16.5. The van der Waals surface area contributed by atoms with Crippen LogP contribution in [0, 0.1) is 6.92 Å². The summed E-state index contributed by atoms with van der Waals surface area (Å²) in [5.41, 5.74) is 3.29. The lowest BCUT2D eigenvalue weighted by atomic mass is 9.86. The lowest BCUT2D eigenvalue weighted by Gasteiger charge is -2.25. The highest BCUT2D eigenvalue weighted by Crippen LogP contribution is 2.39. The van der Waals surface area contributed by atoms with E-state index in [1.54, 1.807) is 7.11 Å². The smallest absolute Gasteiger partial charge is 0.257 e. The fourth-order valence-corrected chi connectivity index (χ4v) is 4.80. The fourth-order valence-electron chi connectivity index (χ4n) is 3.62. The minimum atomic E-state index is -0.437. The van der Waals surface area contributed by atoms with Gasteiger partial charge in [0.15, 0.2) is 5.16 Å². The molecule has 0 radical (unpaired) electrons. The molecule has 1 aromatic heterocycles. The van der Waals surface area contributed by atoms with Crippen molar-refractivity contribution in [1.29, 1.82) is 0 Å². The van der Waals surface area contributed by atoms with Crippen molar-refractivity contribution < 1.29 is 9.53 Å². The predicted molar refractivity (Wildman–Crippen MR) is 121 cm³/mol. The third-order valence-corrected chi connectivity index (χ3v) is 6.39. The van der Waals surface area contributed by atoms with Crippen molar-refractivity contribution in [2.75, 3.05) is 12.4 Å². The zero-order chi connectivity index (χ0) is 21.3. The number of hydrogen-bond acceptors (Lipinski definition) is 5.